The maximum absolute atomic E-state index is 6.40. The SMILES string of the molecule is COc1ccc(C(C)(N)C(C)C)c(C)c1C. The lowest BCUT2D eigenvalue weighted by atomic mass is 9.79. The number of nitrogens with two attached hydrogens (primary N) is 1. The van der Waals surface area contributed by atoms with Crippen molar-refractivity contribution in [3.8, 4) is 5.75 Å². The molecule has 2 N–H and O–H groups in total. The lowest BCUT2D eigenvalue weighted by Gasteiger charge is -2.32. The monoisotopic (exact) mass is 221 g/mol. The molecule has 0 aromatic heterocycles. The number of hydrogen-bond donors (Lipinski definition) is 1. The van der Waals surface area contributed by atoms with Crippen LogP contribution in [0.15, 0.2) is 12.1 Å². The van der Waals surface area contributed by atoms with Gasteiger partial charge in [0.1, 0.15) is 5.75 Å². The molecular weight excluding hydrogens is 198 g/mol. The summed E-state index contributed by atoms with van der Waals surface area (Å²) >= 11 is 0. The molecule has 0 saturated carbocycles. The van der Waals surface area contributed by atoms with Crippen molar-refractivity contribution in [1.82, 2.24) is 0 Å². The Morgan fingerprint density at radius 1 is 1.19 bits per heavy atom. The molecule has 1 aromatic carbocycles. The average molecular weight is 221 g/mol. The highest BCUT2D eigenvalue weighted by Crippen LogP contribution is 2.33. The van der Waals surface area contributed by atoms with Crippen molar-refractivity contribution in [2.24, 2.45) is 11.7 Å². The van der Waals surface area contributed by atoms with E-state index in [-0.39, 0.29) is 5.54 Å². The highest BCUT2D eigenvalue weighted by molar-refractivity contribution is 5.46. The van der Waals surface area contributed by atoms with Crippen LogP contribution in [0.3, 0.4) is 0 Å². The van der Waals surface area contributed by atoms with Crippen molar-refractivity contribution in [1.29, 1.82) is 0 Å². The van der Waals surface area contributed by atoms with Gasteiger partial charge in [0.15, 0.2) is 0 Å². The minimum Gasteiger partial charge on any atom is -0.496 e. The van der Waals surface area contributed by atoms with Gasteiger partial charge in [0.05, 0.1) is 7.11 Å². The molecule has 2 nitrogen and oxygen atoms in total. The van der Waals surface area contributed by atoms with Crippen molar-refractivity contribution in [3.63, 3.8) is 0 Å². The van der Waals surface area contributed by atoms with Gasteiger partial charge in [-0.1, -0.05) is 19.9 Å². The zero-order chi connectivity index (χ0) is 12.5. The maximum Gasteiger partial charge on any atom is 0.122 e. The molecule has 0 aliphatic heterocycles. The first kappa shape index (κ1) is 13.0. The molecule has 1 unspecified atom stereocenters. The molecule has 0 radical (unpaired) electrons. The quantitative estimate of drug-likeness (QED) is 0.851. The van der Waals surface area contributed by atoms with Crippen molar-refractivity contribution in [2.75, 3.05) is 7.11 Å². The van der Waals surface area contributed by atoms with E-state index in [0.29, 0.717) is 5.92 Å². The van der Waals surface area contributed by atoms with Crippen molar-refractivity contribution >= 4 is 0 Å². The third kappa shape index (κ3) is 2.07. The molecule has 0 heterocycles. The van der Waals surface area contributed by atoms with Gasteiger partial charge >= 0.3 is 0 Å². The molecule has 16 heavy (non-hydrogen) atoms. The van der Waals surface area contributed by atoms with Gasteiger partial charge in [0.2, 0.25) is 0 Å². The first-order valence-corrected chi connectivity index (χ1v) is 5.76. The van der Waals surface area contributed by atoms with Gasteiger partial charge in [-0.2, -0.15) is 0 Å². The smallest absolute Gasteiger partial charge is 0.122 e. The lowest BCUT2D eigenvalue weighted by molar-refractivity contribution is 0.347. The topological polar surface area (TPSA) is 35.2 Å². The Morgan fingerprint density at radius 2 is 1.75 bits per heavy atom. The predicted molar refractivity (Wildman–Crippen MR) is 68.8 cm³/mol. The molecule has 1 rings (SSSR count). The minimum absolute atomic E-state index is 0.291. The highest BCUT2D eigenvalue weighted by atomic mass is 16.5. The van der Waals surface area contributed by atoms with E-state index in [1.165, 1.54) is 16.7 Å². The molecule has 0 aliphatic carbocycles. The molecular formula is C14H23NO. The summed E-state index contributed by atoms with van der Waals surface area (Å²) in [6.45, 7) is 10.6. The fourth-order valence-corrected chi connectivity index (χ4v) is 1.91. The number of hydrogen-bond acceptors (Lipinski definition) is 2. The first-order valence-electron chi connectivity index (χ1n) is 5.76. The summed E-state index contributed by atoms with van der Waals surface area (Å²) in [4.78, 5) is 0. The number of benzene rings is 1. The van der Waals surface area contributed by atoms with Gasteiger partial charge < -0.3 is 10.5 Å². The Morgan fingerprint density at radius 3 is 2.19 bits per heavy atom. The number of ether oxygens (including phenoxy) is 1. The van der Waals surface area contributed by atoms with Gasteiger partial charge in [-0.3, -0.25) is 0 Å². The number of rotatable bonds is 3. The van der Waals surface area contributed by atoms with Crippen LogP contribution in [0.1, 0.15) is 37.5 Å². The molecule has 2 heteroatoms. The normalized spacial score (nSPS) is 15.0. The van der Waals surface area contributed by atoms with Crippen molar-refractivity contribution in [2.45, 2.75) is 40.2 Å². The Labute approximate surface area is 98.8 Å². The fraction of sp³-hybridized carbons (Fsp3) is 0.571. The summed E-state index contributed by atoms with van der Waals surface area (Å²) < 4.78 is 5.31. The number of methoxy groups -OCH3 is 1. The second kappa shape index (κ2) is 4.46. The third-order valence-corrected chi connectivity index (χ3v) is 3.74. The van der Waals surface area contributed by atoms with Crippen LogP contribution in [0.25, 0.3) is 0 Å². The van der Waals surface area contributed by atoms with Crippen molar-refractivity contribution in [3.05, 3.63) is 28.8 Å². The van der Waals surface area contributed by atoms with Crippen LogP contribution >= 0.6 is 0 Å². The Kier molecular flexibility index (Phi) is 3.64. The van der Waals surface area contributed by atoms with Gasteiger partial charge in [0, 0.05) is 5.54 Å². The summed E-state index contributed by atoms with van der Waals surface area (Å²) in [5, 5.41) is 0. The van der Waals surface area contributed by atoms with E-state index >= 15 is 0 Å². The summed E-state index contributed by atoms with van der Waals surface area (Å²) in [7, 11) is 1.70. The Bertz CT molecular complexity index is 381. The highest BCUT2D eigenvalue weighted by Gasteiger charge is 2.27. The molecule has 0 bridgehead atoms. The second-order valence-corrected chi connectivity index (χ2v) is 5.00. The largest absolute Gasteiger partial charge is 0.496 e. The van der Waals surface area contributed by atoms with Crippen LogP contribution in [-0.2, 0) is 5.54 Å². The van der Waals surface area contributed by atoms with Crippen LogP contribution in [0.2, 0.25) is 0 Å². The first-order chi connectivity index (χ1) is 7.32. The Balaban J connectivity index is 3.33. The van der Waals surface area contributed by atoms with E-state index in [0.717, 1.165) is 5.75 Å². The van der Waals surface area contributed by atoms with E-state index < -0.39 is 0 Å². The van der Waals surface area contributed by atoms with Gasteiger partial charge in [-0.25, -0.2) is 0 Å². The van der Waals surface area contributed by atoms with E-state index in [2.05, 4.69) is 40.7 Å². The zero-order valence-electron chi connectivity index (χ0n) is 11.2. The summed E-state index contributed by atoms with van der Waals surface area (Å²) in [6.07, 6.45) is 0. The van der Waals surface area contributed by atoms with E-state index in [9.17, 15) is 0 Å². The molecule has 1 aromatic rings. The standard InChI is InChI=1S/C14H23NO/c1-9(2)14(5,15)12-7-8-13(16-6)11(4)10(12)3/h7-9H,15H2,1-6H3. The summed E-state index contributed by atoms with van der Waals surface area (Å²) in [5.74, 6) is 1.33. The van der Waals surface area contributed by atoms with Gasteiger partial charge in [-0.05, 0) is 49.4 Å². The van der Waals surface area contributed by atoms with E-state index in [1.54, 1.807) is 7.11 Å². The van der Waals surface area contributed by atoms with Gasteiger partial charge in [0.25, 0.3) is 0 Å². The van der Waals surface area contributed by atoms with Crippen LogP contribution in [0.4, 0.5) is 0 Å². The predicted octanol–water partition coefficient (Wildman–Crippen LogP) is 3.14. The molecule has 0 aliphatic rings. The molecule has 0 spiro atoms. The van der Waals surface area contributed by atoms with Gasteiger partial charge in [-0.15, -0.1) is 0 Å². The molecule has 0 saturated heterocycles. The summed E-state index contributed by atoms with van der Waals surface area (Å²) in [6, 6.07) is 4.09. The average Bonchev–Trinajstić information content (AvgIpc) is 2.21. The van der Waals surface area contributed by atoms with Crippen molar-refractivity contribution < 1.29 is 4.74 Å². The maximum atomic E-state index is 6.40. The second-order valence-electron chi connectivity index (χ2n) is 5.00. The van der Waals surface area contributed by atoms with Crippen LogP contribution in [0.5, 0.6) is 5.75 Å². The zero-order valence-corrected chi connectivity index (χ0v) is 11.2. The fourth-order valence-electron chi connectivity index (χ4n) is 1.91. The molecule has 0 amide bonds. The Hall–Kier alpha value is -1.02. The molecule has 90 valence electrons. The minimum atomic E-state index is -0.291. The van der Waals surface area contributed by atoms with Crippen LogP contribution in [-0.4, -0.2) is 7.11 Å². The van der Waals surface area contributed by atoms with Crippen LogP contribution < -0.4 is 10.5 Å². The van der Waals surface area contributed by atoms with E-state index in [1.807, 2.05) is 6.07 Å². The van der Waals surface area contributed by atoms with Crippen LogP contribution in [0, 0.1) is 19.8 Å². The van der Waals surface area contributed by atoms with E-state index in [4.69, 9.17) is 10.5 Å². The summed E-state index contributed by atoms with van der Waals surface area (Å²) in [5.41, 5.74) is 9.73. The lowest BCUT2D eigenvalue weighted by Crippen LogP contribution is -2.39. The molecule has 0 fully saturated rings. The third-order valence-electron chi connectivity index (χ3n) is 3.74. The molecule has 1 atom stereocenters.